The van der Waals surface area contributed by atoms with Gasteiger partial charge in [0.15, 0.2) is 17.2 Å². The average molecular weight is 641 g/mol. The van der Waals surface area contributed by atoms with Gasteiger partial charge in [0.25, 0.3) is 15.9 Å². The number of hydrogen-bond donors (Lipinski definition) is 3. The molecule has 3 aromatic rings. The highest BCUT2D eigenvalue weighted by Crippen LogP contribution is 2.37. The van der Waals surface area contributed by atoms with E-state index in [2.05, 4.69) is 10.0 Å². The van der Waals surface area contributed by atoms with Crippen LogP contribution in [-0.2, 0) is 10.0 Å². The zero-order valence-corrected chi connectivity index (χ0v) is 26.2. The van der Waals surface area contributed by atoms with E-state index in [0.717, 1.165) is 0 Å². The zero-order valence-electron chi connectivity index (χ0n) is 25.3. The normalized spacial score (nSPS) is 18.2. The van der Waals surface area contributed by atoms with Crippen LogP contribution in [-0.4, -0.2) is 88.1 Å². The number of nitrogens with one attached hydrogen (secondary N) is 2. The van der Waals surface area contributed by atoms with E-state index in [9.17, 15) is 23.1 Å². The van der Waals surface area contributed by atoms with E-state index >= 15 is 0 Å². The molecule has 0 spiro atoms. The van der Waals surface area contributed by atoms with E-state index < -0.39 is 34.1 Å². The Balaban J connectivity index is 1.44. The molecule has 45 heavy (non-hydrogen) atoms. The highest BCUT2D eigenvalue weighted by atomic mass is 32.2. The van der Waals surface area contributed by atoms with E-state index in [1.165, 1.54) is 47.2 Å². The SMILES string of the molecule is COc1ccc(S(=O)(=O)Nc2cccc3c2O[C@@H](CN(C)C(=O)Nc2ccc4c(c2)OCO4)[C@H](C)CN([C@H](C)CO)C3=O)cc1. The number of aliphatic hydroxyl groups excluding tert-OH is 1. The Bertz CT molecular complexity index is 1670. The van der Waals surface area contributed by atoms with Crippen LogP contribution >= 0.6 is 0 Å². The maximum atomic E-state index is 13.8. The lowest BCUT2D eigenvalue weighted by atomic mass is 9.99. The van der Waals surface area contributed by atoms with E-state index in [1.54, 1.807) is 44.3 Å². The topological polar surface area (TPSA) is 156 Å². The fourth-order valence-corrected chi connectivity index (χ4v) is 6.11. The Morgan fingerprint density at radius 3 is 2.58 bits per heavy atom. The maximum absolute atomic E-state index is 13.8. The number of nitrogens with zero attached hydrogens (tertiary/aromatic N) is 2. The van der Waals surface area contributed by atoms with Crippen molar-refractivity contribution in [2.75, 3.05) is 50.7 Å². The molecule has 2 aliphatic heterocycles. The Morgan fingerprint density at radius 1 is 1.13 bits per heavy atom. The summed E-state index contributed by atoms with van der Waals surface area (Å²) in [6.07, 6.45) is -0.676. The number of urea groups is 1. The molecule has 3 amide bonds. The van der Waals surface area contributed by atoms with Crippen LogP contribution in [0.4, 0.5) is 16.2 Å². The molecule has 14 heteroatoms. The predicted octanol–water partition coefficient (Wildman–Crippen LogP) is 3.61. The van der Waals surface area contributed by atoms with Gasteiger partial charge in [-0.05, 0) is 55.5 Å². The Hall–Kier alpha value is -4.69. The third-order valence-electron chi connectivity index (χ3n) is 7.73. The molecule has 0 saturated carbocycles. The molecule has 0 aromatic heterocycles. The number of anilines is 2. The van der Waals surface area contributed by atoms with Crippen LogP contribution in [0, 0.1) is 5.92 Å². The summed E-state index contributed by atoms with van der Waals surface area (Å²) < 4.78 is 51.6. The van der Waals surface area contributed by atoms with Crippen molar-refractivity contribution in [1.29, 1.82) is 0 Å². The van der Waals surface area contributed by atoms with Crippen LogP contribution in [0.5, 0.6) is 23.0 Å². The van der Waals surface area contributed by atoms with Gasteiger partial charge in [-0.25, -0.2) is 13.2 Å². The second kappa shape index (κ2) is 13.1. The molecule has 0 unspecified atom stereocenters. The van der Waals surface area contributed by atoms with Crippen molar-refractivity contribution in [1.82, 2.24) is 9.80 Å². The number of benzene rings is 3. The number of fused-ring (bicyclic) bond motifs is 2. The number of sulfonamides is 1. The Morgan fingerprint density at radius 2 is 1.87 bits per heavy atom. The first-order chi connectivity index (χ1) is 21.5. The summed E-state index contributed by atoms with van der Waals surface area (Å²) in [5.41, 5.74) is 0.686. The minimum absolute atomic E-state index is 0.0153. The third-order valence-corrected chi connectivity index (χ3v) is 9.11. The first-order valence-corrected chi connectivity index (χ1v) is 15.8. The highest BCUT2D eigenvalue weighted by Gasteiger charge is 2.35. The molecule has 0 fully saturated rings. The van der Waals surface area contributed by atoms with Crippen molar-refractivity contribution in [3.05, 3.63) is 66.2 Å². The lowest BCUT2D eigenvalue weighted by Gasteiger charge is -2.38. The second-order valence-electron chi connectivity index (χ2n) is 11.0. The van der Waals surface area contributed by atoms with E-state index in [-0.39, 0.29) is 54.3 Å². The number of carbonyl (C=O) groups excluding carboxylic acids is 2. The number of rotatable bonds is 9. The van der Waals surface area contributed by atoms with Gasteiger partial charge in [0.05, 0.1) is 42.4 Å². The predicted molar refractivity (Wildman–Crippen MR) is 166 cm³/mol. The maximum Gasteiger partial charge on any atom is 0.321 e. The van der Waals surface area contributed by atoms with Crippen LogP contribution in [0.1, 0.15) is 24.2 Å². The van der Waals surface area contributed by atoms with Crippen molar-refractivity contribution in [2.24, 2.45) is 5.92 Å². The summed E-state index contributed by atoms with van der Waals surface area (Å²) in [5.74, 6) is 0.882. The van der Waals surface area contributed by atoms with Crippen molar-refractivity contribution in [2.45, 2.75) is 30.9 Å². The monoisotopic (exact) mass is 640 g/mol. The molecule has 5 rings (SSSR count). The van der Waals surface area contributed by atoms with Crippen molar-refractivity contribution in [3.63, 3.8) is 0 Å². The molecule has 240 valence electrons. The number of likely N-dealkylation sites (N-methyl/N-ethyl adjacent to an activating group) is 1. The van der Waals surface area contributed by atoms with Crippen LogP contribution in [0.15, 0.2) is 65.6 Å². The summed E-state index contributed by atoms with van der Waals surface area (Å²) in [5, 5.41) is 12.8. The quantitative estimate of drug-likeness (QED) is 0.318. The molecular formula is C31H36N4O9S. The molecule has 3 N–H and O–H groups in total. The average Bonchev–Trinajstić information content (AvgIpc) is 3.50. The van der Waals surface area contributed by atoms with Crippen LogP contribution in [0.3, 0.4) is 0 Å². The lowest BCUT2D eigenvalue weighted by Crippen LogP contribution is -2.50. The molecule has 13 nitrogen and oxygen atoms in total. The Kier molecular flexibility index (Phi) is 9.25. The number of ether oxygens (including phenoxy) is 4. The number of aliphatic hydroxyl groups is 1. The van der Waals surface area contributed by atoms with Gasteiger partial charge in [-0.3, -0.25) is 9.52 Å². The molecule has 2 heterocycles. The zero-order chi connectivity index (χ0) is 32.3. The smallest absolute Gasteiger partial charge is 0.321 e. The van der Waals surface area contributed by atoms with Crippen molar-refractivity contribution < 1.29 is 42.1 Å². The highest BCUT2D eigenvalue weighted by molar-refractivity contribution is 7.92. The van der Waals surface area contributed by atoms with Gasteiger partial charge in [-0.15, -0.1) is 0 Å². The third kappa shape index (κ3) is 6.86. The number of methoxy groups -OCH3 is 1. The second-order valence-corrected chi connectivity index (χ2v) is 12.6. The number of amides is 3. The van der Waals surface area contributed by atoms with Crippen LogP contribution in [0.2, 0.25) is 0 Å². The van der Waals surface area contributed by atoms with E-state index in [1.807, 2.05) is 6.92 Å². The van der Waals surface area contributed by atoms with Gasteiger partial charge in [0, 0.05) is 31.3 Å². The van der Waals surface area contributed by atoms with Gasteiger partial charge in [0.2, 0.25) is 6.79 Å². The molecule has 0 saturated heterocycles. The van der Waals surface area contributed by atoms with Crippen molar-refractivity contribution >= 4 is 33.3 Å². The lowest BCUT2D eigenvalue weighted by molar-refractivity contribution is 0.0373. The minimum atomic E-state index is -4.10. The van der Waals surface area contributed by atoms with Gasteiger partial charge >= 0.3 is 6.03 Å². The number of carbonyl (C=O) groups is 2. The number of hydrogen-bond acceptors (Lipinski definition) is 9. The van der Waals surface area contributed by atoms with Gasteiger partial charge < -0.3 is 39.2 Å². The molecule has 0 bridgehead atoms. The summed E-state index contributed by atoms with van der Waals surface area (Å²) in [6.45, 7) is 3.74. The summed E-state index contributed by atoms with van der Waals surface area (Å²) in [4.78, 5) is 29.9. The first-order valence-electron chi connectivity index (χ1n) is 14.3. The number of para-hydroxylation sites is 1. The molecule has 0 radical (unpaired) electrons. The first kappa shape index (κ1) is 31.7. The van der Waals surface area contributed by atoms with Crippen LogP contribution in [0.25, 0.3) is 0 Å². The molecule has 3 atom stereocenters. The van der Waals surface area contributed by atoms with Gasteiger partial charge in [-0.1, -0.05) is 13.0 Å². The molecule has 3 aromatic carbocycles. The molecule has 2 aliphatic rings. The summed E-state index contributed by atoms with van der Waals surface area (Å²) in [7, 11) is -1.01. The standard InChI is InChI=1S/C31H36N4O9S/c1-19-15-35(20(2)17-36)30(37)24-6-5-7-25(33-45(39,40)23-11-9-22(41-4)10-12-23)29(24)44-28(19)16-34(3)31(38)32-21-8-13-26-27(14-21)43-18-42-26/h5-14,19-20,28,33,36H,15-18H2,1-4H3,(H,32,38)/t19-,20-,28+/m1/s1. The molecular weight excluding hydrogens is 604 g/mol. The van der Waals surface area contributed by atoms with Gasteiger partial charge in [0.1, 0.15) is 11.9 Å². The van der Waals surface area contributed by atoms with E-state index in [0.29, 0.717) is 22.9 Å². The fourth-order valence-electron chi connectivity index (χ4n) is 5.05. The Labute approximate surface area is 261 Å². The summed E-state index contributed by atoms with van der Waals surface area (Å²) >= 11 is 0. The largest absolute Gasteiger partial charge is 0.497 e. The van der Waals surface area contributed by atoms with Gasteiger partial charge in [-0.2, -0.15) is 0 Å². The summed E-state index contributed by atoms with van der Waals surface area (Å²) in [6, 6.07) is 14.6. The minimum Gasteiger partial charge on any atom is -0.497 e. The van der Waals surface area contributed by atoms with Crippen LogP contribution < -0.4 is 29.0 Å². The molecule has 0 aliphatic carbocycles. The fraction of sp³-hybridized carbons (Fsp3) is 0.355. The van der Waals surface area contributed by atoms with Crippen molar-refractivity contribution in [3.8, 4) is 23.0 Å². The van der Waals surface area contributed by atoms with E-state index in [4.69, 9.17) is 18.9 Å².